The summed E-state index contributed by atoms with van der Waals surface area (Å²) < 4.78 is 12.8. The predicted molar refractivity (Wildman–Crippen MR) is 96.1 cm³/mol. The molecule has 1 aromatic heterocycles. The third-order valence-electron chi connectivity index (χ3n) is 4.10. The minimum Gasteiger partial charge on any atom is -0.496 e. The molecular weight excluding hydrogens is 320 g/mol. The van der Waals surface area contributed by atoms with Gasteiger partial charge in [0, 0.05) is 41.7 Å². The highest BCUT2D eigenvalue weighted by Gasteiger charge is 2.21. The van der Waals surface area contributed by atoms with E-state index in [1.54, 1.807) is 43.3 Å². The molecule has 0 N–H and O–H groups in total. The van der Waals surface area contributed by atoms with E-state index in [4.69, 9.17) is 9.47 Å². The molecule has 2 aromatic rings. The van der Waals surface area contributed by atoms with Gasteiger partial charge < -0.3 is 14.0 Å². The Labute approximate surface area is 145 Å². The highest BCUT2D eigenvalue weighted by molar-refractivity contribution is 5.96. The molecule has 6 heteroatoms. The van der Waals surface area contributed by atoms with Gasteiger partial charge in [0.05, 0.1) is 25.3 Å². The van der Waals surface area contributed by atoms with Crippen molar-refractivity contribution in [3.8, 4) is 22.6 Å². The fourth-order valence-corrected chi connectivity index (χ4v) is 2.96. The molecule has 0 radical (unpaired) electrons. The molecule has 1 aromatic carbocycles. The number of hydrogen-bond donors (Lipinski definition) is 0. The molecule has 2 heterocycles. The van der Waals surface area contributed by atoms with E-state index in [9.17, 15) is 9.59 Å². The van der Waals surface area contributed by atoms with Gasteiger partial charge in [0.1, 0.15) is 11.5 Å². The molecule has 3 rings (SSSR count). The molecule has 0 atom stereocenters. The lowest BCUT2D eigenvalue weighted by atomic mass is 9.97. The van der Waals surface area contributed by atoms with E-state index in [1.165, 1.54) is 0 Å². The van der Waals surface area contributed by atoms with Gasteiger partial charge in [-0.1, -0.05) is 0 Å². The molecule has 130 valence electrons. The maximum Gasteiger partial charge on any atom is 0.256 e. The monoisotopic (exact) mass is 340 g/mol. The molecule has 25 heavy (non-hydrogen) atoms. The first-order chi connectivity index (χ1) is 12.0. The standard InChI is InChI=1S/C19H20N2O4/c1-11(2)25-17-6-13(18(24-4)5-12(17)10-22)16-9-21(3)19(23)15-8-20-7-14(15)16/h5-7,9-11H,8H2,1-4H3. The smallest absolute Gasteiger partial charge is 0.256 e. The average Bonchev–Trinajstić information content (AvgIpc) is 3.07. The van der Waals surface area contributed by atoms with Crippen LogP contribution < -0.4 is 15.0 Å². The zero-order valence-corrected chi connectivity index (χ0v) is 14.7. The predicted octanol–water partition coefficient (Wildman–Crippen LogP) is 2.59. The molecule has 1 aliphatic heterocycles. The van der Waals surface area contributed by atoms with E-state index in [2.05, 4.69) is 4.99 Å². The maximum absolute atomic E-state index is 12.3. The normalized spacial score (nSPS) is 12.4. The summed E-state index contributed by atoms with van der Waals surface area (Å²) in [5.41, 5.74) is 3.39. The van der Waals surface area contributed by atoms with Gasteiger partial charge in [0.25, 0.3) is 5.56 Å². The van der Waals surface area contributed by atoms with E-state index in [0.717, 1.165) is 23.0 Å². The van der Waals surface area contributed by atoms with Crippen LogP contribution in [0.5, 0.6) is 11.5 Å². The second-order valence-corrected chi connectivity index (χ2v) is 6.20. The van der Waals surface area contributed by atoms with Gasteiger partial charge in [0.2, 0.25) is 0 Å². The lowest BCUT2D eigenvalue weighted by Crippen LogP contribution is -2.21. The minimum absolute atomic E-state index is 0.0571. The van der Waals surface area contributed by atoms with Crippen LogP contribution in [-0.2, 0) is 13.6 Å². The first-order valence-electron chi connectivity index (χ1n) is 8.02. The van der Waals surface area contributed by atoms with Crippen molar-refractivity contribution in [3.05, 3.63) is 45.4 Å². The number of carbonyl (C=O) groups is 1. The number of aryl methyl sites for hydroxylation is 1. The van der Waals surface area contributed by atoms with E-state index in [1.807, 2.05) is 13.8 Å². The lowest BCUT2D eigenvalue weighted by Gasteiger charge is -2.18. The van der Waals surface area contributed by atoms with Crippen LogP contribution in [0.4, 0.5) is 0 Å². The van der Waals surface area contributed by atoms with Gasteiger partial charge >= 0.3 is 0 Å². The number of rotatable bonds is 5. The molecule has 0 amide bonds. The number of methoxy groups -OCH3 is 1. The zero-order chi connectivity index (χ0) is 18.1. The van der Waals surface area contributed by atoms with Crippen molar-refractivity contribution in [3.63, 3.8) is 0 Å². The molecule has 6 nitrogen and oxygen atoms in total. The second-order valence-electron chi connectivity index (χ2n) is 6.20. The fourth-order valence-electron chi connectivity index (χ4n) is 2.96. The Bertz CT molecular complexity index is 926. The first kappa shape index (κ1) is 17.0. The minimum atomic E-state index is -0.0765. The SMILES string of the molecule is COc1cc(C=O)c(OC(C)C)cc1-c1cn(C)c(=O)c2c1C=NC2. The number of hydrogen-bond acceptors (Lipinski definition) is 5. The van der Waals surface area contributed by atoms with Crippen LogP contribution in [0.1, 0.15) is 35.3 Å². The first-order valence-corrected chi connectivity index (χ1v) is 8.02. The second kappa shape index (κ2) is 6.55. The number of aromatic nitrogens is 1. The van der Waals surface area contributed by atoms with Crippen molar-refractivity contribution in [1.29, 1.82) is 0 Å². The van der Waals surface area contributed by atoms with Gasteiger partial charge in [-0.25, -0.2) is 0 Å². The highest BCUT2D eigenvalue weighted by Crippen LogP contribution is 2.38. The zero-order valence-electron chi connectivity index (χ0n) is 14.7. The van der Waals surface area contributed by atoms with Crippen molar-refractivity contribution in [2.75, 3.05) is 7.11 Å². The maximum atomic E-state index is 12.3. The number of carbonyl (C=O) groups excluding carboxylic acids is 1. The Kier molecular flexibility index (Phi) is 4.44. The number of benzene rings is 1. The van der Waals surface area contributed by atoms with Crippen LogP contribution in [0.2, 0.25) is 0 Å². The largest absolute Gasteiger partial charge is 0.496 e. The summed E-state index contributed by atoms with van der Waals surface area (Å²) in [5.74, 6) is 1.03. The summed E-state index contributed by atoms with van der Waals surface area (Å²) in [6, 6.07) is 3.44. The number of pyridine rings is 1. The Morgan fingerprint density at radius 3 is 2.64 bits per heavy atom. The summed E-state index contributed by atoms with van der Waals surface area (Å²) >= 11 is 0. The Hall–Kier alpha value is -2.89. The van der Waals surface area contributed by atoms with Crippen molar-refractivity contribution < 1.29 is 14.3 Å². The van der Waals surface area contributed by atoms with Crippen molar-refractivity contribution in [2.24, 2.45) is 12.0 Å². The molecule has 0 saturated carbocycles. The van der Waals surface area contributed by atoms with Crippen molar-refractivity contribution in [1.82, 2.24) is 4.57 Å². The van der Waals surface area contributed by atoms with E-state index in [-0.39, 0.29) is 11.7 Å². The highest BCUT2D eigenvalue weighted by atomic mass is 16.5. The molecule has 0 spiro atoms. The van der Waals surface area contributed by atoms with Crippen molar-refractivity contribution >= 4 is 12.5 Å². The third-order valence-corrected chi connectivity index (χ3v) is 4.10. The van der Waals surface area contributed by atoms with Gasteiger partial charge in [0.15, 0.2) is 6.29 Å². The Balaban J connectivity index is 2.29. The van der Waals surface area contributed by atoms with Crippen LogP contribution in [0.3, 0.4) is 0 Å². The van der Waals surface area contributed by atoms with Gasteiger partial charge in [-0.15, -0.1) is 0 Å². The molecule has 0 fully saturated rings. The van der Waals surface area contributed by atoms with Crippen LogP contribution in [0, 0.1) is 0 Å². The van der Waals surface area contributed by atoms with E-state index in [0.29, 0.717) is 29.2 Å². The summed E-state index contributed by atoms with van der Waals surface area (Å²) in [6.45, 7) is 4.17. The quantitative estimate of drug-likeness (QED) is 0.785. The van der Waals surface area contributed by atoms with Crippen LogP contribution in [0.25, 0.3) is 11.1 Å². The Morgan fingerprint density at radius 2 is 2.00 bits per heavy atom. The van der Waals surface area contributed by atoms with Gasteiger partial charge in [-0.2, -0.15) is 0 Å². The summed E-state index contributed by atoms with van der Waals surface area (Å²) in [5, 5.41) is 0. The molecule has 1 aliphatic rings. The van der Waals surface area contributed by atoms with Crippen molar-refractivity contribution in [2.45, 2.75) is 26.5 Å². The summed E-state index contributed by atoms with van der Waals surface area (Å²) in [7, 11) is 3.26. The van der Waals surface area contributed by atoms with Gasteiger partial charge in [-0.3, -0.25) is 14.6 Å². The number of fused-ring (bicyclic) bond motifs is 1. The summed E-state index contributed by atoms with van der Waals surface area (Å²) in [6.07, 6.45) is 4.14. The molecule has 0 aliphatic carbocycles. The molecule has 0 unspecified atom stereocenters. The topological polar surface area (TPSA) is 69.9 Å². The third kappa shape index (κ3) is 2.95. The fraction of sp³-hybridized carbons (Fsp3) is 0.316. The van der Waals surface area contributed by atoms with Crippen LogP contribution >= 0.6 is 0 Å². The van der Waals surface area contributed by atoms with Crippen LogP contribution in [0.15, 0.2) is 28.1 Å². The van der Waals surface area contributed by atoms with E-state index >= 15 is 0 Å². The number of ether oxygens (including phenoxy) is 2. The molecule has 0 saturated heterocycles. The van der Waals surface area contributed by atoms with E-state index < -0.39 is 0 Å². The molecule has 0 bridgehead atoms. The summed E-state index contributed by atoms with van der Waals surface area (Å²) in [4.78, 5) is 27.9. The number of aliphatic imine (C=N–C) groups is 1. The van der Waals surface area contributed by atoms with Crippen LogP contribution in [-0.4, -0.2) is 30.3 Å². The van der Waals surface area contributed by atoms with Gasteiger partial charge in [-0.05, 0) is 26.0 Å². The number of aldehydes is 1. The lowest BCUT2D eigenvalue weighted by molar-refractivity contribution is 0.111. The molecular formula is C19H20N2O4. The average molecular weight is 340 g/mol. The Morgan fingerprint density at radius 1 is 1.24 bits per heavy atom. The number of nitrogens with zero attached hydrogens (tertiary/aromatic N) is 2.